The summed E-state index contributed by atoms with van der Waals surface area (Å²) < 4.78 is 31.7. The minimum absolute atomic E-state index is 0.578. The lowest BCUT2D eigenvalue weighted by Crippen LogP contribution is -2.40. The van der Waals surface area contributed by atoms with Crippen molar-refractivity contribution >= 4 is 22.8 Å². The van der Waals surface area contributed by atoms with Crippen LogP contribution < -0.4 is 0 Å². The van der Waals surface area contributed by atoms with E-state index in [0.717, 1.165) is 48.1 Å². The number of carbonyl (C=O) groups is 2. The molecule has 9 heteroatoms. The number of carboxylic acid groups (broad SMARTS) is 2. The van der Waals surface area contributed by atoms with Crippen molar-refractivity contribution in [2.45, 2.75) is 25.1 Å². The Morgan fingerprint density at radius 2 is 1.93 bits per heavy atom. The van der Waals surface area contributed by atoms with Crippen molar-refractivity contribution in [1.82, 2.24) is 9.88 Å². The van der Waals surface area contributed by atoms with Gasteiger partial charge in [-0.25, -0.2) is 4.79 Å². The maximum atomic E-state index is 11.7. The first kappa shape index (κ1) is 20.5. The maximum absolute atomic E-state index is 11.7. The zero-order valence-electron chi connectivity index (χ0n) is 14.3. The predicted molar refractivity (Wildman–Crippen MR) is 92.5 cm³/mol. The van der Waals surface area contributed by atoms with E-state index in [1.165, 1.54) is 0 Å². The molecule has 6 nitrogen and oxygen atoms in total. The van der Waals surface area contributed by atoms with Gasteiger partial charge in [-0.2, -0.15) is 13.2 Å². The van der Waals surface area contributed by atoms with Gasteiger partial charge < -0.3 is 15.2 Å². The number of hydrogen-bond acceptors (Lipinski definition) is 3. The summed E-state index contributed by atoms with van der Waals surface area (Å²) in [6.07, 6.45) is -1.56. The minimum Gasteiger partial charge on any atom is -0.480 e. The monoisotopic (exact) mass is 384 g/mol. The molecule has 2 heterocycles. The molecule has 27 heavy (non-hydrogen) atoms. The molecule has 1 unspecified atom stereocenters. The zero-order chi connectivity index (χ0) is 20.2. The molecule has 0 fully saturated rings. The highest BCUT2D eigenvalue weighted by Gasteiger charge is 2.38. The molecule has 146 valence electrons. The van der Waals surface area contributed by atoms with E-state index < -0.39 is 24.2 Å². The predicted octanol–water partition coefficient (Wildman–Crippen LogP) is 3.36. The molecule has 1 aromatic carbocycles. The van der Waals surface area contributed by atoms with Crippen LogP contribution >= 0.6 is 0 Å². The van der Waals surface area contributed by atoms with Gasteiger partial charge in [0.05, 0.1) is 0 Å². The number of halogens is 3. The number of aromatic amines is 1. The van der Waals surface area contributed by atoms with Crippen LogP contribution in [0.4, 0.5) is 13.2 Å². The number of carboxylic acids is 2. The summed E-state index contributed by atoms with van der Waals surface area (Å²) in [4.78, 5) is 25.9. The van der Waals surface area contributed by atoms with E-state index in [9.17, 15) is 23.1 Å². The normalized spacial score (nSPS) is 16.9. The van der Waals surface area contributed by atoms with Gasteiger partial charge in [0.2, 0.25) is 0 Å². The molecule has 1 aliphatic heterocycles. The summed E-state index contributed by atoms with van der Waals surface area (Å²) in [7, 11) is 0. The summed E-state index contributed by atoms with van der Waals surface area (Å²) in [6, 6.07) is 7.45. The fourth-order valence-electron chi connectivity index (χ4n) is 3.07. The van der Waals surface area contributed by atoms with Crippen LogP contribution in [0.1, 0.15) is 23.7 Å². The summed E-state index contributed by atoms with van der Waals surface area (Å²) in [5.41, 5.74) is 3.02. The second kappa shape index (κ2) is 8.26. The Balaban J connectivity index is 0.000000321. The lowest BCUT2D eigenvalue weighted by atomic mass is 9.97. The molecule has 0 saturated heterocycles. The number of alkyl halides is 3. The molecule has 3 N–H and O–H groups in total. The van der Waals surface area contributed by atoms with E-state index in [2.05, 4.69) is 17.6 Å². The third-order valence-electron chi connectivity index (χ3n) is 4.23. The molecule has 1 aromatic heterocycles. The standard InChI is InChI=1S/C16H18N2O2.C2HF3O2/c1-2-3-9-18-10-8-12-11-6-4-5-7-13(11)17-14(12)15(18)16(19)20;3-2(4,5)1(6)7/h2,4-7,15,17H,1,3,8-10H2,(H,19,20);(H,6,7). The molecule has 0 bridgehead atoms. The van der Waals surface area contributed by atoms with Gasteiger partial charge in [-0.05, 0) is 24.5 Å². The third kappa shape index (κ3) is 4.68. The SMILES string of the molecule is C=CCCN1CCc2c([nH]c3ccccc23)C1C(=O)O.O=C(O)C(F)(F)F. The number of rotatable bonds is 4. The molecule has 0 aliphatic carbocycles. The first-order valence-electron chi connectivity index (χ1n) is 8.14. The summed E-state index contributed by atoms with van der Waals surface area (Å²) in [6.45, 7) is 5.22. The van der Waals surface area contributed by atoms with E-state index in [-0.39, 0.29) is 0 Å². The lowest BCUT2D eigenvalue weighted by Gasteiger charge is -2.32. The minimum atomic E-state index is -5.08. The molecule has 0 amide bonds. The van der Waals surface area contributed by atoms with E-state index in [1.807, 2.05) is 29.2 Å². The molecule has 0 saturated carbocycles. The van der Waals surface area contributed by atoms with Gasteiger partial charge in [-0.1, -0.05) is 24.3 Å². The van der Waals surface area contributed by atoms with Gasteiger partial charge in [-0.15, -0.1) is 6.58 Å². The van der Waals surface area contributed by atoms with Gasteiger partial charge in [0.15, 0.2) is 0 Å². The highest BCUT2D eigenvalue weighted by Crippen LogP contribution is 2.34. The fraction of sp³-hybridized carbons (Fsp3) is 0.333. The van der Waals surface area contributed by atoms with Crippen molar-refractivity contribution in [2.75, 3.05) is 13.1 Å². The topological polar surface area (TPSA) is 93.6 Å². The van der Waals surface area contributed by atoms with Crippen LogP contribution in [0.3, 0.4) is 0 Å². The molecular weight excluding hydrogens is 365 g/mol. The summed E-state index contributed by atoms with van der Waals surface area (Å²) in [5, 5.41) is 17.9. The number of hydrogen-bond donors (Lipinski definition) is 3. The Morgan fingerprint density at radius 3 is 2.48 bits per heavy atom. The number of H-pyrrole nitrogens is 1. The Bertz CT molecular complexity index is 845. The van der Waals surface area contributed by atoms with Crippen LogP contribution in [0.25, 0.3) is 10.9 Å². The second-order valence-electron chi connectivity index (χ2n) is 5.97. The average molecular weight is 384 g/mol. The highest BCUT2D eigenvalue weighted by molar-refractivity contribution is 5.88. The third-order valence-corrected chi connectivity index (χ3v) is 4.23. The Hall–Kier alpha value is -2.81. The van der Waals surface area contributed by atoms with Gasteiger partial charge in [0.25, 0.3) is 0 Å². The van der Waals surface area contributed by atoms with E-state index in [4.69, 9.17) is 9.90 Å². The van der Waals surface area contributed by atoms with E-state index in [1.54, 1.807) is 0 Å². The Labute approximate surface area is 152 Å². The Morgan fingerprint density at radius 1 is 1.30 bits per heavy atom. The number of aromatic nitrogens is 1. The molecule has 1 aliphatic rings. The van der Waals surface area contributed by atoms with Gasteiger partial charge in [-0.3, -0.25) is 9.69 Å². The molecular formula is C18H19F3N2O4. The van der Waals surface area contributed by atoms with Crippen molar-refractivity contribution in [2.24, 2.45) is 0 Å². The quantitative estimate of drug-likeness (QED) is 0.703. The van der Waals surface area contributed by atoms with Gasteiger partial charge in [0.1, 0.15) is 6.04 Å². The van der Waals surface area contributed by atoms with Crippen molar-refractivity contribution < 1.29 is 33.0 Å². The molecule has 1 atom stereocenters. The largest absolute Gasteiger partial charge is 0.490 e. The molecule has 0 radical (unpaired) electrons. The zero-order valence-corrected chi connectivity index (χ0v) is 14.3. The lowest BCUT2D eigenvalue weighted by molar-refractivity contribution is -0.192. The van der Waals surface area contributed by atoms with E-state index in [0.29, 0.717) is 0 Å². The number of benzene rings is 1. The molecule has 2 aromatic rings. The van der Waals surface area contributed by atoms with Crippen molar-refractivity contribution in [3.8, 4) is 0 Å². The van der Waals surface area contributed by atoms with Crippen LogP contribution in [0.15, 0.2) is 36.9 Å². The fourth-order valence-corrected chi connectivity index (χ4v) is 3.07. The summed E-state index contributed by atoms with van der Waals surface area (Å²) in [5.74, 6) is -3.55. The first-order chi connectivity index (χ1) is 12.7. The average Bonchev–Trinajstić information content (AvgIpc) is 2.97. The van der Waals surface area contributed by atoms with Gasteiger partial charge >= 0.3 is 18.1 Å². The molecule has 3 rings (SSSR count). The summed E-state index contributed by atoms with van der Waals surface area (Å²) >= 11 is 0. The smallest absolute Gasteiger partial charge is 0.480 e. The molecule has 0 spiro atoms. The number of nitrogens with one attached hydrogen (secondary N) is 1. The van der Waals surface area contributed by atoms with Gasteiger partial charge in [0, 0.05) is 29.7 Å². The van der Waals surface area contributed by atoms with Crippen LogP contribution in [0.2, 0.25) is 0 Å². The number of nitrogens with zero attached hydrogens (tertiary/aromatic N) is 1. The van der Waals surface area contributed by atoms with Crippen molar-refractivity contribution in [3.63, 3.8) is 0 Å². The van der Waals surface area contributed by atoms with E-state index >= 15 is 0 Å². The first-order valence-corrected chi connectivity index (χ1v) is 8.14. The van der Waals surface area contributed by atoms with Crippen molar-refractivity contribution in [3.05, 3.63) is 48.2 Å². The van der Waals surface area contributed by atoms with Crippen LogP contribution in [0, 0.1) is 0 Å². The van der Waals surface area contributed by atoms with Crippen LogP contribution in [-0.2, 0) is 16.0 Å². The van der Waals surface area contributed by atoms with Crippen LogP contribution in [0.5, 0.6) is 0 Å². The maximum Gasteiger partial charge on any atom is 0.490 e. The number of para-hydroxylation sites is 1. The number of aliphatic carboxylic acids is 2. The number of fused-ring (bicyclic) bond motifs is 3. The van der Waals surface area contributed by atoms with Crippen LogP contribution in [-0.4, -0.2) is 51.3 Å². The van der Waals surface area contributed by atoms with Crippen molar-refractivity contribution in [1.29, 1.82) is 0 Å². The highest BCUT2D eigenvalue weighted by atomic mass is 19.4. The Kier molecular flexibility index (Phi) is 6.27. The second-order valence-corrected chi connectivity index (χ2v) is 5.97.